The lowest BCUT2D eigenvalue weighted by Crippen LogP contribution is -2.72. The fourth-order valence-corrected chi connectivity index (χ4v) is 13.5. The molecule has 0 heterocycles. The second kappa shape index (κ2) is 9.12. The van der Waals surface area contributed by atoms with E-state index in [9.17, 15) is 30.3 Å². The number of carbonyl (C=O) groups is 1. The molecule has 0 aromatic carbocycles. The maximum absolute atomic E-state index is 14.7. The number of hydrogen-bond acceptors (Lipinski definition) is 6. The van der Waals surface area contributed by atoms with Crippen LogP contribution in [0.4, 0.5) is 0 Å². The fraction of sp³-hybridized carbons (Fsp3) is 0.914. The molecule has 0 aromatic rings. The number of rotatable bonds is 3. The van der Waals surface area contributed by atoms with Gasteiger partial charge in [-0.2, -0.15) is 0 Å². The minimum absolute atomic E-state index is 0.0360. The van der Waals surface area contributed by atoms with Gasteiger partial charge in [-0.25, -0.2) is 0 Å². The smallest absolute Gasteiger partial charge is 0.159 e. The van der Waals surface area contributed by atoms with Gasteiger partial charge in [-0.15, -0.1) is 0 Å². The van der Waals surface area contributed by atoms with Gasteiger partial charge in [-0.1, -0.05) is 60.0 Å². The third-order valence-electron chi connectivity index (χ3n) is 15.4. The molecular weight excluding hydrogens is 516 g/mol. The summed E-state index contributed by atoms with van der Waals surface area (Å²) in [6.07, 6.45) is 9.02. The van der Waals surface area contributed by atoms with Crippen molar-refractivity contribution in [2.45, 2.75) is 130 Å². The second-order valence-corrected chi connectivity index (χ2v) is 17.4. The maximum atomic E-state index is 14.7. The number of carbonyl (C=O) groups excluding carboxylic acids is 1. The molecule has 11 atom stereocenters. The average molecular weight is 573 g/mol. The Balaban J connectivity index is 1.51. The molecule has 6 heteroatoms. The molecule has 0 aromatic heterocycles. The molecule has 5 saturated carbocycles. The first-order chi connectivity index (χ1) is 19.0. The van der Waals surface area contributed by atoms with Gasteiger partial charge < -0.3 is 25.5 Å². The van der Waals surface area contributed by atoms with E-state index in [-0.39, 0.29) is 41.0 Å². The van der Waals surface area contributed by atoms with Crippen LogP contribution in [-0.4, -0.2) is 62.8 Å². The van der Waals surface area contributed by atoms with Crippen LogP contribution in [0.15, 0.2) is 11.6 Å². The van der Waals surface area contributed by atoms with E-state index in [4.69, 9.17) is 0 Å². The Bertz CT molecular complexity index is 1120. The van der Waals surface area contributed by atoms with Gasteiger partial charge in [-0.3, -0.25) is 4.79 Å². The summed E-state index contributed by atoms with van der Waals surface area (Å²) in [5.74, 6) is -0.297. The number of ketones is 1. The van der Waals surface area contributed by atoms with Crippen molar-refractivity contribution in [3.05, 3.63) is 11.6 Å². The van der Waals surface area contributed by atoms with E-state index in [1.807, 2.05) is 13.0 Å². The van der Waals surface area contributed by atoms with Crippen LogP contribution in [0.1, 0.15) is 112 Å². The summed E-state index contributed by atoms with van der Waals surface area (Å²) in [4.78, 5) is 14.7. The van der Waals surface area contributed by atoms with E-state index >= 15 is 0 Å². The van der Waals surface area contributed by atoms with Gasteiger partial charge in [0.05, 0.1) is 31.5 Å². The third-order valence-corrected chi connectivity index (χ3v) is 15.4. The topological polar surface area (TPSA) is 118 Å². The van der Waals surface area contributed by atoms with E-state index in [1.54, 1.807) is 0 Å². The van der Waals surface area contributed by atoms with Crippen molar-refractivity contribution in [3.63, 3.8) is 0 Å². The van der Waals surface area contributed by atoms with Crippen molar-refractivity contribution in [3.8, 4) is 0 Å². The maximum Gasteiger partial charge on any atom is 0.159 e. The summed E-state index contributed by atoms with van der Waals surface area (Å²) in [6.45, 7) is 12.9. The minimum Gasteiger partial charge on any atom is -0.396 e. The zero-order valence-corrected chi connectivity index (χ0v) is 26.4. The molecule has 6 aliphatic carbocycles. The Morgan fingerprint density at radius 1 is 0.902 bits per heavy atom. The predicted octanol–water partition coefficient (Wildman–Crippen LogP) is 4.79. The van der Waals surface area contributed by atoms with Crippen molar-refractivity contribution >= 4 is 5.78 Å². The number of fused-ring (bicyclic) bond motifs is 8. The molecule has 0 amide bonds. The van der Waals surface area contributed by atoms with Crippen LogP contribution in [0.25, 0.3) is 0 Å². The lowest BCUT2D eigenvalue weighted by Gasteiger charge is -2.73. The summed E-state index contributed by atoms with van der Waals surface area (Å²) in [7, 11) is 0. The molecule has 232 valence electrons. The summed E-state index contributed by atoms with van der Waals surface area (Å²) in [5, 5.41) is 55.9. The highest BCUT2D eigenvalue weighted by Gasteiger charge is 2.75. The van der Waals surface area contributed by atoms with Crippen LogP contribution in [0.2, 0.25) is 0 Å². The molecule has 41 heavy (non-hydrogen) atoms. The van der Waals surface area contributed by atoms with Crippen LogP contribution in [0.3, 0.4) is 0 Å². The molecule has 1 spiro atoms. The van der Waals surface area contributed by atoms with Crippen molar-refractivity contribution in [1.29, 1.82) is 0 Å². The largest absolute Gasteiger partial charge is 0.396 e. The Hall–Kier alpha value is -0.790. The first-order valence-electron chi connectivity index (χ1n) is 16.5. The molecule has 6 nitrogen and oxygen atoms in total. The molecule has 0 aliphatic heterocycles. The van der Waals surface area contributed by atoms with Gasteiger partial charge in [-0.05, 0) is 103 Å². The van der Waals surface area contributed by atoms with Crippen LogP contribution in [0.5, 0.6) is 0 Å². The van der Waals surface area contributed by atoms with E-state index in [0.717, 1.165) is 51.4 Å². The Kier molecular flexibility index (Phi) is 6.73. The zero-order chi connectivity index (χ0) is 30.0. The van der Waals surface area contributed by atoms with Crippen molar-refractivity contribution in [2.24, 2.45) is 55.7 Å². The lowest BCUT2D eigenvalue weighted by molar-refractivity contribution is -0.251. The standard InChI is InChI=1S/C35H56O6/c1-29(2)16-22-21-15-23(38)28-30(3)13-10-25(39)33(6,27(41)18-36)24(30)9-14-31(28,4)32(21,5)17-26(40)35(22,20-37)34(19-29)11-7-8-12-34/h15,22,24-28,36-37,39-41H,7-14,16-20H2,1-6H3/t22-,24+,25+,26+,27-,28-,30+,31-,32-,33+,35+/m1/s1. The van der Waals surface area contributed by atoms with Crippen molar-refractivity contribution < 1.29 is 30.3 Å². The van der Waals surface area contributed by atoms with Crippen LogP contribution >= 0.6 is 0 Å². The average Bonchev–Trinajstić information content (AvgIpc) is 3.35. The van der Waals surface area contributed by atoms with E-state index in [0.29, 0.717) is 19.3 Å². The summed E-state index contributed by atoms with van der Waals surface area (Å²) in [5.41, 5.74) is -1.65. The highest BCUT2D eigenvalue weighted by atomic mass is 16.3. The van der Waals surface area contributed by atoms with Gasteiger partial charge in [0, 0.05) is 16.7 Å². The number of aliphatic hydroxyl groups excluding tert-OH is 5. The molecule has 0 saturated heterocycles. The van der Waals surface area contributed by atoms with Gasteiger partial charge in [0.25, 0.3) is 0 Å². The van der Waals surface area contributed by atoms with Crippen molar-refractivity contribution in [2.75, 3.05) is 13.2 Å². The predicted molar refractivity (Wildman–Crippen MR) is 158 cm³/mol. The minimum atomic E-state index is -1.05. The summed E-state index contributed by atoms with van der Waals surface area (Å²) >= 11 is 0. The molecule has 0 unspecified atom stereocenters. The third kappa shape index (κ3) is 3.46. The highest BCUT2D eigenvalue weighted by molar-refractivity contribution is 5.95. The fourth-order valence-electron chi connectivity index (χ4n) is 13.5. The molecule has 0 bridgehead atoms. The normalized spacial score (nSPS) is 52.6. The quantitative estimate of drug-likeness (QED) is 0.332. The first kappa shape index (κ1) is 30.2. The van der Waals surface area contributed by atoms with Gasteiger partial charge in [0.1, 0.15) is 0 Å². The molecule has 5 fully saturated rings. The van der Waals surface area contributed by atoms with E-state index in [2.05, 4.69) is 34.6 Å². The molecule has 5 N–H and O–H groups in total. The lowest BCUT2D eigenvalue weighted by atomic mass is 9.31. The van der Waals surface area contributed by atoms with Crippen LogP contribution < -0.4 is 0 Å². The molecule has 6 aliphatic rings. The highest BCUT2D eigenvalue weighted by Crippen LogP contribution is 2.78. The van der Waals surface area contributed by atoms with E-state index < -0.39 is 52.0 Å². The van der Waals surface area contributed by atoms with Gasteiger partial charge in [0.2, 0.25) is 0 Å². The second-order valence-electron chi connectivity index (χ2n) is 17.4. The Labute approximate surface area is 247 Å². The van der Waals surface area contributed by atoms with Gasteiger partial charge in [0.15, 0.2) is 5.78 Å². The first-order valence-corrected chi connectivity index (χ1v) is 16.5. The Morgan fingerprint density at radius 2 is 1.56 bits per heavy atom. The van der Waals surface area contributed by atoms with Gasteiger partial charge >= 0.3 is 0 Å². The molecule has 0 radical (unpaired) electrons. The molecule has 6 rings (SSSR count). The Morgan fingerprint density at radius 3 is 2.17 bits per heavy atom. The van der Waals surface area contributed by atoms with E-state index in [1.165, 1.54) is 5.57 Å². The van der Waals surface area contributed by atoms with Crippen LogP contribution in [-0.2, 0) is 4.79 Å². The van der Waals surface area contributed by atoms with Crippen LogP contribution in [0, 0.1) is 55.7 Å². The summed E-state index contributed by atoms with van der Waals surface area (Å²) in [6, 6.07) is 0. The number of allylic oxidation sites excluding steroid dienone is 2. The number of aliphatic hydroxyl groups is 5. The summed E-state index contributed by atoms with van der Waals surface area (Å²) < 4.78 is 0. The van der Waals surface area contributed by atoms with Crippen molar-refractivity contribution in [1.82, 2.24) is 0 Å². The monoisotopic (exact) mass is 572 g/mol. The SMILES string of the molecule is CC1(C)C[C@@H]2C3=CC(=O)[C@@H]4[C@@]5(C)CC[C@H](O)[C@@](C)([C@H](O)CO)[C@H]5CC[C@@]4(C)[C@]3(C)C[C@H](O)[C@@]2(CO)C2(CCCC2)C1. The zero-order valence-electron chi connectivity index (χ0n) is 26.4. The molecular formula is C35H56O6. The number of hydrogen-bond donors (Lipinski definition) is 5.